The Hall–Kier alpha value is -8.71. The first-order valence-electron chi connectivity index (χ1n) is 25.5. The molecule has 6 aromatic carbocycles. The largest absolute Gasteiger partial charge is 0.506 e. The van der Waals surface area contributed by atoms with E-state index in [-0.39, 0.29) is 72.9 Å². The second kappa shape index (κ2) is 16.9. The van der Waals surface area contributed by atoms with Gasteiger partial charge in [0.05, 0.1) is 16.7 Å². The summed E-state index contributed by atoms with van der Waals surface area (Å²) in [7, 11) is 0. The van der Waals surface area contributed by atoms with Crippen molar-refractivity contribution in [2.24, 2.45) is 0 Å². The SMILES string of the molecule is CC(C)(C)c1ccc(O)c(-n2n3c4ccc(C(=O)OCCN(CCOC(=O)c5ccc6c(c5)n5n(-c7cc(C(C)(C)C)ccc7O)n65)CCOC(=O)c5ccc6c(c5)n5n(-c7cc(C(C)(C)C)ccc7O)n65)cc4n23)c1. The molecule has 0 fully saturated rings. The highest BCUT2D eigenvalue weighted by atomic mass is 16.5. The molecular weight excluding hydrogens is 969 g/mol. The number of ether oxygens (including phenoxy) is 3. The number of aromatic hydroxyl groups is 3. The Bertz CT molecular complexity index is 3750. The molecule has 76 heavy (non-hydrogen) atoms. The van der Waals surface area contributed by atoms with Crippen LogP contribution in [0.3, 0.4) is 0 Å². The van der Waals surface area contributed by atoms with E-state index in [0.717, 1.165) is 49.8 Å². The fourth-order valence-corrected chi connectivity index (χ4v) is 9.86. The molecule has 19 heteroatoms. The summed E-state index contributed by atoms with van der Waals surface area (Å²) >= 11 is 0. The van der Waals surface area contributed by atoms with Gasteiger partial charge in [-0.05, 0) is 124 Å². The summed E-state index contributed by atoms with van der Waals surface area (Å²) in [6.45, 7) is 19.8. The zero-order valence-electron chi connectivity index (χ0n) is 43.9. The molecular formula is C57H60N10O9. The normalized spacial score (nSPS) is 13.0. The van der Waals surface area contributed by atoms with Crippen LogP contribution < -0.4 is 0 Å². The third-order valence-electron chi connectivity index (χ3n) is 14.5. The molecule has 0 aliphatic heterocycles. The zero-order valence-corrected chi connectivity index (χ0v) is 43.9. The lowest BCUT2D eigenvalue weighted by Crippen LogP contribution is -2.35. The molecule has 19 nitrogen and oxygen atoms in total. The third-order valence-corrected chi connectivity index (χ3v) is 14.5. The number of benzene rings is 6. The van der Waals surface area contributed by atoms with Crippen molar-refractivity contribution in [3.63, 3.8) is 0 Å². The lowest BCUT2D eigenvalue weighted by molar-refractivity contribution is 0.0331. The van der Waals surface area contributed by atoms with E-state index in [1.165, 1.54) is 0 Å². The van der Waals surface area contributed by atoms with Gasteiger partial charge < -0.3 is 29.5 Å². The Kier molecular flexibility index (Phi) is 10.7. The number of phenolic OH excluding ortho intramolecular Hbond substituents is 3. The maximum absolute atomic E-state index is 13.5. The summed E-state index contributed by atoms with van der Waals surface area (Å²) in [5.74, 6) is -1.13. The number of rotatable bonds is 15. The molecule has 0 atom stereocenters. The highest BCUT2D eigenvalue weighted by Gasteiger charge is 2.32. The summed E-state index contributed by atoms with van der Waals surface area (Å²) in [4.78, 5) is 48.0. The van der Waals surface area contributed by atoms with Crippen LogP contribution >= 0.6 is 0 Å². The van der Waals surface area contributed by atoms with Crippen LogP contribution in [0.4, 0.5) is 0 Å². The van der Waals surface area contributed by atoms with Crippen LogP contribution in [0.2, 0.25) is 0 Å². The number of hydrogen-bond acceptors (Lipinski definition) is 10. The first-order valence-corrected chi connectivity index (χ1v) is 25.5. The van der Waals surface area contributed by atoms with Crippen molar-refractivity contribution in [2.45, 2.75) is 78.6 Å². The Morgan fingerprint density at radius 2 is 0.645 bits per heavy atom. The fourth-order valence-electron chi connectivity index (χ4n) is 9.86. The quantitative estimate of drug-likeness (QED) is 0.0662. The van der Waals surface area contributed by atoms with Gasteiger partial charge in [-0.25, -0.2) is 14.4 Å². The van der Waals surface area contributed by atoms with Gasteiger partial charge in [-0.2, -0.15) is 0 Å². The third kappa shape index (κ3) is 8.03. The Balaban J connectivity index is 0.714. The van der Waals surface area contributed by atoms with Crippen molar-refractivity contribution in [3.8, 4) is 34.3 Å². The van der Waals surface area contributed by atoms with Gasteiger partial charge in [0.1, 0.15) is 87.2 Å². The summed E-state index contributed by atoms with van der Waals surface area (Å²) in [5.41, 5.74) is 10.9. The van der Waals surface area contributed by atoms with Crippen LogP contribution in [0.1, 0.15) is 110 Å². The molecule has 6 aromatic heterocycles. The maximum atomic E-state index is 13.5. The number of aromatic nitrogens is 9. The molecule has 12 aromatic rings. The topological polar surface area (TPSA) is 184 Å². The molecule has 0 unspecified atom stereocenters. The summed E-state index contributed by atoms with van der Waals surface area (Å²) in [6, 6.07) is 32.7. The van der Waals surface area contributed by atoms with Crippen LogP contribution in [-0.4, -0.2) is 120 Å². The van der Waals surface area contributed by atoms with E-state index in [2.05, 4.69) is 62.3 Å². The van der Waals surface area contributed by atoms with E-state index in [9.17, 15) is 29.7 Å². The minimum absolute atomic E-state index is 0.00299. The van der Waals surface area contributed by atoms with Crippen LogP contribution in [0, 0.1) is 0 Å². The van der Waals surface area contributed by atoms with Crippen molar-refractivity contribution in [1.82, 2.24) is 47.1 Å². The van der Waals surface area contributed by atoms with Gasteiger partial charge in [0, 0.05) is 19.6 Å². The molecule has 12 rings (SSSR count). The number of carbonyl (C=O) groups excluding carboxylic acids is 3. The average Bonchev–Trinajstić information content (AvgIpc) is 4.31. The van der Waals surface area contributed by atoms with Crippen molar-refractivity contribution in [2.75, 3.05) is 39.5 Å². The van der Waals surface area contributed by atoms with Crippen LogP contribution in [0.25, 0.3) is 50.2 Å². The van der Waals surface area contributed by atoms with E-state index in [1.807, 2.05) is 102 Å². The Morgan fingerprint density at radius 1 is 0.382 bits per heavy atom. The fraction of sp³-hybridized carbons (Fsp3) is 0.316. The van der Waals surface area contributed by atoms with Gasteiger partial charge in [0.2, 0.25) is 0 Å². The van der Waals surface area contributed by atoms with Crippen molar-refractivity contribution in [3.05, 3.63) is 143 Å². The standard InChI is InChI=1S/C57H60N10O9/c1-55(2,3)37-13-19-49(68)46(31-37)65-59-40-16-10-34(28-43(40)62(59)65)52(71)74-25-22-58(23-26-75-53(72)35-11-17-41-44(29-35)63-60(41)66(63)47-32-38(56(4,5)6)14-20-50(47)69)24-27-76-54(73)36-12-18-42-45(30-36)64-61(42)67(64)48-33-39(57(7,8)9)15-21-51(48)70/h10-21,28-33,68-70H,22-27H2,1-9H3. The van der Waals surface area contributed by atoms with Crippen LogP contribution in [-0.2, 0) is 30.5 Å². The molecule has 0 aliphatic rings. The number of fused-ring (bicyclic) bond motifs is 12. The van der Waals surface area contributed by atoms with Crippen LogP contribution in [0.5, 0.6) is 17.2 Å². The maximum Gasteiger partial charge on any atom is 0.338 e. The highest BCUT2D eigenvalue weighted by molar-refractivity contribution is 5.96. The number of phenols is 3. The van der Waals surface area contributed by atoms with Crippen LogP contribution in [0.15, 0.2) is 109 Å². The molecule has 6 heterocycles. The van der Waals surface area contributed by atoms with Gasteiger partial charge in [-0.3, -0.25) is 4.90 Å². The van der Waals surface area contributed by atoms with Crippen molar-refractivity contribution in [1.29, 1.82) is 0 Å². The molecule has 0 radical (unpaired) electrons. The second-order valence-electron chi connectivity index (χ2n) is 22.8. The van der Waals surface area contributed by atoms with Crippen molar-refractivity contribution < 1.29 is 43.9 Å². The summed E-state index contributed by atoms with van der Waals surface area (Å²) in [6.07, 6.45) is 0. The number of nitrogens with zero attached hydrogens (tertiary/aromatic N) is 10. The first-order chi connectivity index (χ1) is 36.1. The minimum atomic E-state index is -0.521. The molecule has 0 amide bonds. The Morgan fingerprint density at radius 3 is 0.908 bits per heavy atom. The highest BCUT2D eigenvalue weighted by Crippen LogP contribution is 2.38. The van der Waals surface area contributed by atoms with Gasteiger partial charge >= 0.3 is 17.9 Å². The lowest BCUT2D eigenvalue weighted by Gasteiger charge is -2.22. The molecule has 0 spiro atoms. The van der Waals surface area contributed by atoms with E-state index >= 15 is 0 Å². The molecule has 0 saturated carbocycles. The van der Waals surface area contributed by atoms with E-state index in [1.54, 1.807) is 54.6 Å². The molecule has 3 N–H and O–H groups in total. The second-order valence-corrected chi connectivity index (χ2v) is 22.8. The lowest BCUT2D eigenvalue weighted by atomic mass is 9.87. The smallest absolute Gasteiger partial charge is 0.338 e. The molecule has 0 bridgehead atoms. The first kappa shape index (κ1) is 48.2. The van der Waals surface area contributed by atoms with Crippen molar-refractivity contribution >= 4 is 51.0 Å². The van der Waals surface area contributed by atoms with Gasteiger partial charge in [-0.15, -0.1) is 42.2 Å². The molecule has 392 valence electrons. The predicted octanol–water partition coefficient (Wildman–Crippen LogP) is 9.07. The molecule has 0 saturated heterocycles. The zero-order chi connectivity index (χ0) is 53.5. The van der Waals surface area contributed by atoms with Gasteiger partial charge in [0.25, 0.3) is 0 Å². The Labute approximate surface area is 435 Å². The number of carbonyl (C=O) groups is 3. The monoisotopic (exact) mass is 1030 g/mol. The predicted molar refractivity (Wildman–Crippen MR) is 285 cm³/mol. The average molecular weight is 1030 g/mol. The number of hydrogen-bond donors (Lipinski definition) is 3. The van der Waals surface area contributed by atoms with Gasteiger partial charge in [0.15, 0.2) is 0 Å². The van der Waals surface area contributed by atoms with E-state index in [0.29, 0.717) is 33.8 Å². The summed E-state index contributed by atoms with van der Waals surface area (Å²) in [5, 5.41) is 32.3. The number of esters is 3. The summed E-state index contributed by atoms with van der Waals surface area (Å²) < 4.78 is 28.7. The van der Waals surface area contributed by atoms with E-state index in [4.69, 9.17) is 14.2 Å². The molecule has 0 aliphatic carbocycles. The van der Waals surface area contributed by atoms with Gasteiger partial charge in [-0.1, -0.05) is 80.5 Å². The minimum Gasteiger partial charge on any atom is -0.506 e. The van der Waals surface area contributed by atoms with E-state index < -0.39 is 17.9 Å².